The minimum atomic E-state index is 0.539. The van der Waals surface area contributed by atoms with Crippen LogP contribution in [0.5, 0.6) is 0 Å². The number of rotatable bonds is 3. The van der Waals surface area contributed by atoms with Gasteiger partial charge in [-0.1, -0.05) is 13.0 Å². The zero-order valence-electron chi connectivity index (χ0n) is 10.7. The van der Waals surface area contributed by atoms with E-state index in [1.165, 1.54) is 37.1 Å². The number of nitrogens with one attached hydrogen (secondary N) is 2. The number of hydrogen-bond acceptors (Lipinski definition) is 3. The van der Waals surface area contributed by atoms with Gasteiger partial charge in [-0.05, 0) is 43.9 Å². The van der Waals surface area contributed by atoms with Gasteiger partial charge >= 0.3 is 0 Å². The van der Waals surface area contributed by atoms with Crippen LogP contribution < -0.4 is 10.6 Å². The van der Waals surface area contributed by atoms with E-state index in [4.69, 9.17) is 0 Å². The van der Waals surface area contributed by atoms with E-state index in [9.17, 15) is 0 Å². The van der Waals surface area contributed by atoms with E-state index in [-0.39, 0.29) is 0 Å². The van der Waals surface area contributed by atoms with Crippen molar-refractivity contribution in [3.05, 3.63) is 23.4 Å². The Morgan fingerprint density at radius 2 is 2.47 bits per heavy atom. The lowest BCUT2D eigenvalue weighted by atomic mass is 10.1. The van der Waals surface area contributed by atoms with Gasteiger partial charge in [-0.15, -0.1) is 0 Å². The Kier molecular flexibility index (Phi) is 2.58. The zero-order chi connectivity index (χ0) is 11.9. The Morgan fingerprint density at radius 3 is 3.12 bits per heavy atom. The van der Waals surface area contributed by atoms with Gasteiger partial charge in [-0.3, -0.25) is 0 Å². The topological polar surface area (TPSA) is 37.0 Å². The number of hydrogen-bond donors (Lipinski definition) is 2. The van der Waals surface area contributed by atoms with Crippen LogP contribution in [0.1, 0.15) is 30.9 Å². The highest BCUT2D eigenvalue weighted by Gasteiger charge is 2.55. The quantitative estimate of drug-likeness (QED) is 0.836. The third kappa shape index (κ3) is 1.93. The molecule has 1 saturated carbocycles. The molecule has 1 aromatic rings. The van der Waals surface area contributed by atoms with Crippen molar-refractivity contribution in [3.8, 4) is 0 Å². The molecule has 3 rings (SSSR count). The molecule has 2 fully saturated rings. The molecule has 1 spiro atoms. The first-order valence-electron chi connectivity index (χ1n) is 6.66. The van der Waals surface area contributed by atoms with Crippen LogP contribution >= 0.6 is 0 Å². The first-order chi connectivity index (χ1) is 8.23. The molecule has 2 heterocycles. The number of aryl methyl sites for hydroxylation is 2. The molecule has 17 heavy (non-hydrogen) atoms. The van der Waals surface area contributed by atoms with Crippen molar-refractivity contribution >= 4 is 5.82 Å². The van der Waals surface area contributed by atoms with E-state index in [1.807, 2.05) is 6.20 Å². The summed E-state index contributed by atoms with van der Waals surface area (Å²) in [6.07, 6.45) is 5.68. The van der Waals surface area contributed by atoms with Crippen molar-refractivity contribution in [2.24, 2.45) is 5.41 Å². The summed E-state index contributed by atoms with van der Waals surface area (Å²) in [4.78, 5) is 4.55. The van der Waals surface area contributed by atoms with Gasteiger partial charge in [-0.2, -0.15) is 0 Å². The van der Waals surface area contributed by atoms with Gasteiger partial charge in [0.15, 0.2) is 0 Å². The fraction of sp³-hybridized carbons (Fsp3) is 0.643. The van der Waals surface area contributed by atoms with Gasteiger partial charge in [0.2, 0.25) is 0 Å². The van der Waals surface area contributed by atoms with Crippen molar-refractivity contribution in [2.45, 2.75) is 39.2 Å². The van der Waals surface area contributed by atoms with Gasteiger partial charge in [0.25, 0.3) is 0 Å². The van der Waals surface area contributed by atoms with Gasteiger partial charge in [0.05, 0.1) is 0 Å². The second-order valence-corrected chi connectivity index (χ2v) is 5.55. The van der Waals surface area contributed by atoms with Crippen molar-refractivity contribution < 1.29 is 0 Å². The Morgan fingerprint density at radius 1 is 1.59 bits per heavy atom. The highest BCUT2D eigenvalue weighted by atomic mass is 15.1. The third-order valence-corrected chi connectivity index (χ3v) is 4.32. The molecule has 2 atom stereocenters. The van der Waals surface area contributed by atoms with Gasteiger partial charge < -0.3 is 10.6 Å². The summed E-state index contributed by atoms with van der Waals surface area (Å²) in [5.41, 5.74) is 3.14. The predicted octanol–water partition coefficient (Wildman–Crippen LogP) is 2.12. The van der Waals surface area contributed by atoms with Crippen LogP contribution in [0.3, 0.4) is 0 Å². The third-order valence-electron chi connectivity index (χ3n) is 4.32. The Labute approximate surface area is 103 Å². The summed E-state index contributed by atoms with van der Waals surface area (Å²) in [6.45, 7) is 6.68. The summed E-state index contributed by atoms with van der Waals surface area (Å²) < 4.78 is 0. The van der Waals surface area contributed by atoms with Crippen molar-refractivity contribution in [2.75, 3.05) is 18.4 Å². The molecule has 3 nitrogen and oxygen atoms in total. The van der Waals surface area contributed by atoms with Crippen molar-refractivity contribution in [3.63, 3.8) is 0 Å². The molecule has 0 bridgehead atoms. The summed E-state index contributed by atoms with van der Waals surface area (Å²) >= 11 is 0. The smallest absolute Gasteiger partial charge is 0.129 e. The Hall–Kier alpha value is -1.09. The second-order valence-electron chi connectivity index (χ2n) is 5.55. The minimum absolute atomic E-state index is 0.539. The monoisotopic (exact) mass is 231 g/mol. The van der Waals surface area contributed by atoms with Crippen LogP contribution in [0.2, 0.25) is 0 Å². The van der Waals surface area contributed by atoms with Crippen LogP contribution in [0.15, 0.2) is 12.3 Å². The lowest BCUT2D eigenvalue weighted by Gasteiger charge is -2.12. The molecule has 3 heteroatoms. The van der Waals surface area contributed by atoms with E-state index in [0.717, 1.165) is 12.2 Å². The molecule has 0 aromatic carbocycles. The van der Waals surface area contributed by atoms with Crippen molar-refractivity contribution in [1.29, 1.82) is 0 Å². The van der Waals surface area contributed by atoms with E-state index in [1.54, 1.807) is 0 Å². The zero-order valence-corrected chi connectivity index (χ0v) is 10.7. The van der Waals surface area contributed by atoms with Crippen LogP contribution in [0, 0.1) is 12.3 Å². The highest BCUT2D eigenvalue weighted by Crippen LogP contribution is 2.51. The summed E-state index contributed by atoms with van der Waals surface area (Å²) in [5, 5.41) is 7.08. The summed E-state index contributed by atoms with van der Waals surface area (Å²) in [7, 11) is 0. The van der Waals surface area contributed by atoms with Crippen LogP contribution in [-0.2, 0) is 6.42 Å². The number of anilines is 1. The first-order valence-corrected chi connectivity index (χ1v) is 6.66. The maximum absolute atomic E-state index is 4.55. The second kappa shape index (κ2) is 3.98. The van der Waals surface area contributed by atoms with Crippen LogP contribution in [0.4, 0.5) is 5.82 Å². The number of pyridine rings is 1. The van der Waals surface area contributed by atoms with E-state index in [0.29, 0.717) is 11.5 Å². The normalized spacial score (nSPS) is 30.8. The van der Waals surface area contributed by atoms with E-state index < -0.39 is 0 Å². The largest absolute Gasteiger partial charge is 0.366 e. The molecule has 2 aliphatic rings. The van der Waals surface area contributed by atoms with Gasteiger partial charge in [0.1, 0.15) is 5.82 Å². The fourth-order valence-corrected chi connectivity index (χ4v) is 2.93. The molecule has 92 valence electrons. The first kappa shape index (κ1) is 11.0. The van der Waals surface area contributed by atoms with Gasteiger partial charge in [-0.25, -0.2) is 4.98 Å². The lowest BCUT2D eigenvalue weighted by Crippen LogP contribution is -2.18. The summed E-state index contributed by atoms with van der Waals surface area (Å²) in [6, 6.07) is 2.88. The maximum atomic E-state index is 4.55. The number of aromatic nitrogens is 1. The Bertz CT molecular complexity index is 421. The minimum Gasteiger partial charge on any atom is -0.366 e. The average molecular weight is 231 g/mol. The van der Waals surface area contributed by atoms with E-state index >= 15 is 0 Å². The summed E-state index contributed by atoms with van der Waals surface area (Å²) in [5.74, 6) is 1.08. The van der Waals surface area contributed by atoms with Gasteiger partial charge in [0, 0.05) is 24.2 Å². The molecule has 1 aromatic heterocycles. The lowest BCUT2D eigenvalue weighted by molar-refractivity contribution is 0.556. The fourth-order valence-electron chi connectivity index (χ4n) is 2.93. The molecular formula is C14H21N3. The SMILES string of the molecule is CCc1cnc(NC2CC23CCNC3)c(C)c1. The molecule has 1 saturated heterocycles. The van der Waals surface area contributed by atoms with Crippen LogP contribution in [0.25, 0.3) is 0 Å². The molecule has 0 radical (unpaired) electrons. The van der Waals surface area contributed by atoms with Crippen molar-refractivity contribution in [1.82, 2.24) is 10.3 Å². The molecular weight excluding hydrogens is 210 g/mol. The molecule has 1 aliphatic heterocycles. The molecule has 2 unspecified atom stereocenters. The van der Waals surface area contributed by atoms with Crippen LogP contribution in [-0.4, -0.2) is 24.1 Å². The maximum Gasteiger partial charge on any atom is 0.129 e. The standard InChI is InChI=1S/C14H21N3/c1-3-11-6-10(2)13(16-8-11)17-12-7-14(12)4-5-15-9-14/h6,8,12,15H,3-5,7,9H2,1-2H3,(H,16,17). The highest BCUT2D eigenvalue weighted by molar-refractivity contribution is 5.47. The predicted molar refractivity (Wildman–Crippen MR) is 70.3 cm³/mol. The molecule has 2 N–H and O–H groups in total. The molecule has 0 amide bonds. The number of nitrogens with zero attached hydrogens (tertiary/aromatic N) is 1. The Balaban J connectivity index is 1.70. The molecule has 1 aliphatic carbocycles. The average Bonchev–Trinajstić information content (AvgIpc) is 2.76. The van der Waals surface area contributed by atoms with E-state index in [2.05, 4.69) is 35.5 Å².